The van der Waals surface area contributed by atoms with Gasteiger partial charge < -0.3 is 14.8 Å². The van der Waals surface area contributed by atoms with Crippen LogP contribution >= 0.6 is 24.0 Å². The van der Waals surface area contributed by atoms with Gasteiger partial charge in [0.05, 0.1) is 36.1 Å². The van der Waals surface area contributed by atoms with Crippen LogP contribution in [0.1, 0.15) is 25.3 Å². The molecule has 2 aromatic carbocycles. The maximum absolute atomic E-state index is 13.5. The van der Waals surface area contributed by atoms with Crippen molar-refractivity contribution in [1.82, 2.24) is 4.90 Å². The number of benzene rings is 2. The molecule has 0 atom stereocenters. The highest BCUT2D eigenvalue weighted by Gasteiger charge is 2.42. The molecule has 3 amide bonds. The minimum absolute atomic E-state index is 0.231. The van der Waals surface area contributed by atoms with E-state index in [1.54, 1.807) is 54.5 Å². The second-order valence-electron chi connectivity index (χ2n) is 7.91. The van der Waals surface area contributed by atoms with Gasteiger partial charge in [-0.2, -0.15) is 0 Å². The van der Waals surface area contributed by atoms with E-state index in [-0.39, 0.29) is 18.0 Å². The Kier molecular flexibility index (Phi) is 7.42. The normalized spacial score (nSPS) is 17.2. The van der Waals surface area contributed by atoms with E-state index in [0.29, 0.717) is 44.2 Å². The number of amides is 3. The van der Waals surface area contributed by atoms with Crippen LogP contribution in [0.2, 0.25) is 0 Å². The first-order valence-electron chi connectivity index (χ1n) is 11.1. The average Bonchev–Trinajstić information content (AvgIpc) is 3.29. The lowest BCUT2D eigenvalue weighted by atomic mass is 10.1. The number of carbonyl (C=O) groups is 3. The molecule has 10 heteroatoms. The van der Waals surface area contributed by atoms with Crippen LogP contribution < -0.4 is 19.7 Å². The molecule has 1 N–H and O–H groups in total. The lowest BCUT2D eigenvalue weighted by Crippen LogP contribution is -2.35. The van der Waals surface area contributed by atoms with Gasteiger partial charge in [-0.25, -0.2) is 0 Å². The molecule has 0 bridgehead atoms. The van der Waals surface area contributed by atoms with Crippen LogP contribution in [0.4, 0.5) is 11.4 Å². The fourth-order valence-electron chi connectivity index (χ4n) is 3.95. The number of ether oxygens (including phenoxy) is 2. The van der Waals surface area contributed by atoms with Gasteiger partial charge in [0.15, 0.2) is 0 Å². The Balaban J connectivity index is 1.61. The minimum Gasteiger partial charge on any atom is -0.497 e. The third-order valence-electron chi connectivity index (χ3n) is 5.72. The first-order valence-corrected chi connectivity index (χ1v) is 12.3. The number of hydrogen-bond donors (Lipinski definition) is 1. The molecule has 35 heavy (non-hydrogen) atoms. The third kappa shape index (κ3) is 4.76. The zero-order chi connectivity index (χ0) is 25.1. The van der Waals surface area contributed by atoms with Crippen molar-refractivity contribution in [2.75, 3.05) is 37.5 Å². The molecule has 2 aliphatic heterocycles. The zero-order valence-electron chi connectivity index (χ0n) is 19.6. The molecule has 0 spiro atoms. The smallest absolute Gasteiger partial charge is 0.267 e. The van der Waals surface area contributed by atoms with Gasteiger partial charge in [-0.05, 0) is 24.6 Å². The van der Waals surface area contributed by atoms with E-state index in [1.807, 2.05) is 6.92 Å². The summed E-state index contributed by atoms with van der Waals surface area (Å²) in [4.78, 5) is 42.9. The summed E-state index contributed by atoms with van der Waals surface area (Å²) in [7, 11) is 3.03. The standard InChI is InChI=1S/C25H25N3O5S2/c1-4-5-12-27-24(31)22(35-25(27)34)21-16-8-6-7-9-18(16)28(23(21)30)14-20(29)26-17-11-10-15(32-2)13-19(17)33-3/h6-11,13H,4-5,12,14H2,1-3H3,(H,26,29)/b22-21-. The van der Waals surface area contributed by atoms with Crippen LogP contribution in [0, 0.1) is 0 Å². The van der Waals surface area contributed by atoms with E-state index in [0.717, 1.165) is 24.6 Å². The molecule has 0 aromatic heterocycles. The van der Waals surface area contributed by atoms with E-state index in [1.165, 1.54) is 12.0 Å². The van der Waals surface area contributed by atoms with Crippen LogP contribution in [0.25, 0.3) is 5.57 Å². The molecular formula is C25H25N3O5S2. The molecule has 0 unspecified atom stereocenters. The van der Waals surface area contributed by atoms with E-state index in [9.17, 15) is 14.4 Å². The number of carbonyl (C=O) groups excluding carboxylic acids is 3. The van der Waals surface area contributed by atoms with Crippen molar-refractivity contribution < 1.29 is 23.9 Å². The molecule has 182 valence electrons. The van der Waals surface area contributed by atoms with Gasteiger partial charge in [-0.3, -0.25) is 24.2 Å². The summed E-state index contributed by atoms with van der Waals surface area (Å²) < 4.78 is 11.0. The summed E-state index contributed by atoms with van der Waals surface area (Å²) in [6.45, 7) is 2.32. The number of unbranched alkanes of at least 4 members (excludes halogenated alkanes) is 1. The van der Waals surface area contributed by atoms with Crippen LogP contribution in [0.5, 0.6) is 11.5 Å². The molecule has 0 saturated carbocycles. The fraction of sp³-hybridized carbons (Fsp3) is 0.280. The van der Waals surface area contributed by atoms with Crippen molar-refractivity contribution in [3.05, 3.63) is 52.9 Å². The number of thiocarbonyl (C=S) groups is 1. The van der Waals surface area contributed by atoms with Crippen LogP contribution in [0.15, 0.2) is 47.4 Å². The number of hydrogen-bond acceptors (Lipinski definition) is 7. The molecular weight excluding hydrogens is 486 g/mol. The quantitative estimate of drug-likeness (QED) is 0.422. The number of para-hydroxylation sites is 1. The fourth-order valence-corrected chi connectivity index (χ4v) is 5.33. The molecule has 2 aliphatic rings. The van der Waals surface area contributed by atoms with Gasteiger partial charge in [0.25, 0.3) is 11.8 Å². The second-order valence-corrected chi connectivity index (χ2v) is 9.55. The number of fused-ring (bicyclic) bond motifs is 1. The number of nitrogens with zero attached hydrogens (tertiary/aromatic N) is 2. The van der Waals surface area contributed by atoms with Crippen molar-refractivity contribution in [2.24, 2.45) is 0 Å². The van der Waals surface area contributed by atoms with E-state index in [4.69, 9.17) is 21.7 Å². The SMILES string of the molecule is CCCCN1C(=O)/C(=C2/C(=O)N(CC(=O)Nc3ccc(OC)cc3OC)c3ccccc32)SC1=S. The Morgan fingerprint density at radius 3 is 2.54 bits per heavy atom. The van der Waals surface area contributed by atoms with E-state index in [2.05, 4.69) is 5.32 Å². The summed E-state index contributed by atoms with van der Waals surface area (Å²) in [5.41, 5.74) is 1.92. The van der Waals surface area contributed by atoms with E-state index >= 15 is 0 Å². The maximum atomic E-state index is 13.5. The molecule has 2 heterocycles. The van der Waals surface area contributed by atoms with Crippen molar-refractivity contribution in [2.45, 2.75) is 19.8 Å². The summed E-state index contributed by atoms with van der Waals surface area (Å²) >= 11 is 6.56. The molecule has 2 aromatic rings. The first-order chi connectivity index (χ1) is 16.9. The molecule has 1 fully saturated rings. The third-order valence-corrected chi connectivity index (χ3v) is 7.17. The van der Waals surface area contributed by atoms with Gasteiger partial charge in [0.1, 0.15) is 22.4 Å². The van der Waals surface area contributed by atoms with Gasteiger partial charge in [-0.15, -0.1) is 0 Å². The Morgan fingerprint density at radius 2 is 1.83 bits per heavy atom. The zero-order valence-corrected chi connectivity index (χ0v) is 21.3. The topological polar surface area (TPSA) is 88.2 Å². The summed E-state index contributed by atoms with van der Waals surface area (Å²) in [5.74, 6) is -0.0556. The summed E-state index contributed by atoms with van der Waals surface area (Å²) in [6.07, 6.45) is 1.74. The average molecular weight is 512 g/mol. The highest BCUT2D eigenvalue weighted by molar-refractivity contribution is 8.26. The van der Waals surface area contributed by atoms with Crippen LogP contribution in [0.3, 0.4) is 0 Å². The van der Waals surface area contributed by atoms with Gasteiger partial charge >= 0.3 is 0 Å². The van der Waals surface area contributed by atoms with Crippen LogP contribution in [-0.2, 0) is 14.4 Å². The number of anilines is 2. The largest absolute Gasteiger partial charge is 0.497 e. The van der Waals surface area contributed by atoms with Gasteiger partial charge in [0, 0.05) is 18.2 Å². The summed E-state index contributed by atoms with van der Waals surface area (Å²) in [6, 6.07) is 12.2. The van der Waals surface area contributed by atoms with Crippen molar-refractivity contribution >= 4 is 63.0 Å². The van der Waals surface area contributed by atoms with Crippen molar-refractivity contribution in [3.63, 3.8) is 0 Å². The lowest BCUT2D eigenvalue weighted by Gasteiger charge is -2.18. The number of methoxy groups -OCH3 is 2. The Labute approximate surface area is 213 Å². The van der Waals surface area contributed by atoms with Crippen LogP contribution in [-0.4, -0.2) is 54.3 Å². The Morgan fingerprint density at radius 1 is 1.06 bits per heavy atom. The molecule has 1 saturated heterocycles. The summed E-state index contributed by atoms with van der Waals surface area (Å²) in [5, 5.41) is 2.79. The van der Waals surface area contributed by atoms with Crippen molar-refractivity contribution in [1.29, 1.82) is 0 Å². The molecule has 8 nitrogen and oxygen atoms in total. The highest BCUT2D eigenvalue weighted by Crippen LogP contribution is 2.44. The number of nitrogens with one attached hydrogen (secondary N) is 1. The van der Waals surface area contributed by atoms with Gasteiger partial charge in [-0.1, -0.05) is 55.5 Å². The predicted octanol–water partition coefficient (Wildman–Crippen LogP) is 4.06. The predicted molar refractivity (Wildman–Crippen MR) is 141 cm³/mol. The minimum atomic E-state index is -0.409. The highest BCUT2D eigenvalue weighted by atomic mass is 32.2. The number of thioether (sulfide) groups is 1. The number of rotatable bonds is 8. The second kappa shape index (κ2) is 10.5. The molecule has 0 radical (unpaired) electrons. The molecule has 4 rings (SSSR count). The van der Waals surface area contributed by atoms with E-state index < -0.39 is 11.8 Å². The first kappa shape index (κ1) is 24.7. The monoisotopic (exact) mass is 511 g/mol. The Hall–Kier alpha value is -3.37. The Bertz CT molecular complexity index is 1240. The van der Waals surface area contributed by atoms with Gasteiger partial charge in [0.2, 0.25) is 5.91 Å². The molecule has 0 aliphatic carbocycles. The van der Waals surface area contributed by atoms with Crippen molar-refractivity contribution in [3.8, 4) is 11.5 Å². The maximum Gasteiger partial charge on any atom is 0.267 e. The lowest BCUT2D eigenvalue weighted by molar-refractivity contribution is -0.122.